The van der Waals surface area contributed by atoms with Crippen LogP contribution in [0.25, 0.3) is 0 Å². The van der Waals surface area contributed by atoms with Gasteiger partial charge in [0.25, 0.3) is 10.0 Å². The Hall–Kier alpha value is -1.64. The van der Waals surface area contributed by atoms with Crippen molar-refractivity contribution in [1.29, 1.82) is 0 Å². The number of fused-ring (bicyclic) bond motifs is 6. The Balaban J connectivity index is 1.07. The fraction of sp³-hybridized carbons (Fsp3) is 0.806. The van der Waals surface area contributed by atoms with Gasteiger partial charge in [0, 0.05) is 6.54 Å². The summed E-state index contributed by atoms with van der Waals surface area (Å²) in [6.45, 7) is 9.90. The van der Waals surface area contributed by atoms with Crippen molar-refractivity contribution < 1.29 is 23.4 Å². The highest BCUT2D eigenvalue weighted by molar-refractivity contribution is 7.90. The first-order chi connectivity index (χ1) is 20.9. The second-order valence-electron chi connectivity index (χ2n) is 15.9. The topological polar surface area (TPSA) is 116 Å². The van der Waals surface area contributed by atoms with Gasteiger partial charge in [-0.15, -0.1) is 0 Å². The van der Waals surface area contributed by atoms with Gasteiger partial charge in [0.05, 0.1) is 17.1 Å². The molecule has 0 heterocycles. The van der Waals surface area contributed by atoms with E-state index in [0.717, 1.165) is 82.6 Å². The lowest BCUT2D eigenvalue weighted by molar-refractivity contribution is -0.203. The van der Waals surface area contributed by atoms with Crippen molar-refractivity contribution in [2.75, 3.05) is 6.54 Å². The molecule has 0 aliphatic heterocycles. The van der Waals surface area contributed by atoms with E-state index < -0.39 is 16.1 Å². The van der Waals surface area contributed by atoms with Gasteiger partial charge in [0.1, 0.15) is 0 Å². The first-order valence-electron chi connectivity index (χ1n) is 17.7. The predicted molar refractivity (Wildman–Crippen MR) is 172 cm³/mol. The largest absolute Gasteiger partial charge is 0.393 e. The molecule has 0 bridgehead atoms. The van der Waals surface area contributed by atoms with Crippen LogP contribution >= 0.6 is 0 Å². The lowest BCUT2D eigenvalue weighted by Crippen LogP contribution is -2.62. The third kappa shape index (κ3) is 5.53. The molecule has 11 atom stereocenters. The Morgan fingerprint density at radius 2 is 1.68 bits per heavy atom. The number of benzene rings is 1. The van der Waals surface area contributed by atoms with Crippen molar-refractivity contribution in [3.8, 4) is 0 Å². The maximum Gasteiger partial charge on any atom is 0.328 e. The average molecular weight is 629 g/mol. The highest BCUT2D eigenvalue weighted by Crippen LogP contribution is 2.69. The van der Waals surface area contributed by atoms with Gasteiger partial charge < -0.3 is 15.5 Å². The first-order valence-corrected chi connectivity index (χ1v) is 19.2. The van der Waals surface area contributed by atoms with Crippen molar-refractivity contribution in [2.45, 2.75) is 128 Å². The molecule has 0 spiro atoms. The number of aryl methyl sites for hydroxylation is 2. The molecule has 0 radical (unpaired) electrons. The standard InChI is InChI=1S/C36H56N2O5S/c1-5-27-31-21-25(39)14-17-36(31,4)30-15-18-35(3)28(12-13-29(35)32(30)33(27)40)22(2)16-19-37-34(41)38-44(42,43)26-11-10-23-8-6-7-9-24(23)20-26/h10-11,20,22,25,27-33,39-40H,5-9,12-19,21H2,1-4H3,(H2,37,38,41)/t22-,25-,27-,28-,29+,30+,31?,32+,33-,35-,36-/m1/s1. The Bertz CT molecular complexity index is 1330. The summed E-state index contributed by atoms with van der Waals surface area (Å²) in [4.78, 5) is 12.8. The van der Waals surface area contributed by atoms with E-state index in [2.05, 4.69) is 37.7 Å². The van der Waals surface area contributed by atoms with Crippen LogP contribution in [0.1, 0.15) is 109 Å². The zero-order chi connectivity index (χ0) is 31.4. The predicted octanol–water partition coefficient (Wildman–Crippen LogP) is 6.21. The summed E-state index contributed by atoms with van der Waals surface area (Å²) in [6.07, 6.45) is 12.7. The van der Waals surface area contributed by atoms with Crippen LogP contribution in [0.4, 0.5) is 4.79 Å². The number of hydrogen-bond acceptors (Lipinski definition) is 5. The van der Waals surface area contributed by atoms with Gasteiger partial charge in [0.15, 0.2) is 0 Å². The van der Waals surface area contributed by atoms with E-state index in [1.807, 2.05) is 6.07 Å². The van der Waals surface area contributed by atoms with Crippen molar-refractivity contribution in [3.63, 3.8) is 0 Å². The number of hydrogen-bond donors (Lipinski definition) is 4. The van der Waals surface area contributed by atoms with Crippen LogP contribution in [0, 0.1) is 52.3 Å². The minimum Gasteiger partial charge on any atom is -0.393 e. The highest BCUT2D eigenvalue weighted by atomic mass is 32.2. The number of aliphatic hydroxyl groups is 2. The summed E-state index contributed by atoms with van der Waals surface area (Å²) in [7, 11) is -3.92. The third-order valence-electron chi connectivity index (χ3n) is 13.9. The molecule has 0 aromatic heterocycles. The molecule has 4 fully saturated rings. The summed E-state index contributed by atoms with van der Waals surface area (Å²) >= 11 is 0. The molecular formula is C36H56N2O5S. The van der Waals surface area contributed by atoms with E-state index in [9.17, 15) is 23.4 Å². The van der Waals surface area contributed by atoms with Crippen LogP contribution in [0.15, 0.2) is 23.1 Å². The Morgan fingerprint density at radius 1 is 0.977 bits per heavy atom. The van der Waals surface area contributed by atoms with Gasteiger partial charge in [-0.25, -0.2) is 17.9 Å². The molecule has 246 valence electrons. The smallest absolute Gasteiger partial charge is 0.328 e. The number of carbonyl (C=O) groups excluding carboxylic acids is 1. The Labute approximate surface area is 265 Å². The first kappa shape index (κ1) is 32.3. The van der Waals surface area contributed by atoms with Crippen LogP contribution < -0.4 is 10.0 Å². The molecule has 5 aliphatic rings. The Kier molecular flexibility index (Phi) is 8.95. The molecule has 0 saturated heterocycles. The lowest BCUT2D eigenvalue weighted by atomic mass is 9.41. The summed E-state index contributed by atoms with van der Waals surface area (Å²) in [6, 6.07) is 4.56. The number of urea groups is 1. The summed E-state index contributed by atoms with van der Waals surface area (Å²) in [5.74, 6) is 2.91. The van der Waals surface area contributed by atoms with Crippen LogP contribution in [-0.2, 0) is 22.9 Å². The molecular weight excluding hydrogens is 572 g/mol. The van der Waals surface area contributed by atoms with Gasteiger partial charge >= 0.3 is 6.03 Å². The molecule has 44 heavy (non-hydrogen) atoms. The van der Waals surface area contributed by atoms with Crippen LogP contribution in [0.2, 0.25) is 0 Å². The molecule has 1 unspecified atom stereocenters. The van der Waals surface area contributed by atoms with Crippen LogP contribution in [0.5, 0.6) is 0 Å². The minimum absolute atomic E-state index is 0.155. The number of sulfonamides is 1. The molecule has 1 aromatic rings. The van der Waals surface area contributed by atoms with E-state index >= 15 is 0 Å². The quantitative estimate of drug-likeness (QED) is 0.287. The normalized spacial score (nSPS) is 40.6. The molecule has 1 aromatic carbocycles. The van der Waals surface area contributed by atoms with Gasteiger partial charge in [-0.05, 0) is 153 Å². The van der Waals surface area contributed by atoms with Crippen molar-refractivity contribution in [2.24, 2.45) is 52.3 Å². The number of rotatable bonds is 7. The van der Waals surface area contributed by atoms with Crippen LogP contribution in [0.3, 0.4) is 0 Å². The second kappa shape index (κ2) is 12.2. The maximum atomic E-state index is 12.9. The maximum absolute atomic E-state index is 12.9. The Morgan fingerprint density at radius 3 is 2.43 bits per heavy atom. The van der Waals surface area contributed by atoms with Gasteiger partial charge in [-0.2, -0.15) is 0 Å². The number of amides is 2. The number of nitrogens with one attached hydrogen (secondary N) is 2. The molecule has 6 rings (SSSR count). The highest BCUT2D eigenvalue weighted by Gasteiger charge is 2.64. The van der Waals surface area contributed by atoms with E-state index in [-0.39, 0.29) is 33.9 Å². The fourth-order valence-electron chi connectivity index (χ4n) is 11.6. The molecule has 7 nitrogen and oxygen atoms in total. The van der Waals surface area contributed by atoms with E-state index in [4.69, 9.17) is 0 Å². The molecule has 4 N–H and O–H groups in total. The average Bonchev–Trinajstić information content (AvgIpc) is 3.35. The van der Waals surface area contributed by atoms with E-state index in [0.29, 0.717) is 42.1 Å². The van der Waals surface area contributed by atoms with Crippen LogP contribution in [-0.4, -0.2) is 43.4 Å². The minimum atomic E-state index is -3.92. The van der Waals surface area contributed by atoms with E-state index in [1.165, 1.54) is 12.0 Å². The van der Waals surface area contributed by atoms with Crippen molar-refractivity contribution in [1.82, 2.24) is 10.0 Å². The summed E-state index contributed by atoms with van der Waals surface area (Å²) < 4.78 is 28.1. The lowest BCUT2D eigenvalue weighted by Gasteiger charge is -2.64. The SMILES string of the molecule is CC[C@@H]1C2C[C@H](O)CC[C@]2(C)[C@H]2CC[C@]3(C)[C@@H]([C@H](C)CCNC(=O)NS(=O)(=O)c4ccc5c(c4)CCCC5)CC[C@H]3[C@@H]2[C@@H]1O. The number of aliphatic hydroxyl groups excluding tert-OH is 2. The zero-order valence-electron chi connectivity index (χ0n) is 27.4. The zero-order valence-corrected chi connectivity index (χ0v) is 28.2. The van der Waals surface area contributed by atoms with Crippen molar-refractivity contribution >= 4 is 16.1 Å². The summed E-state index contributed by atoms with van der Waals surface area (Å²) in [5.41, 5.74) is 2.64. The van der Waals surface area contributed by atoms with Crippen molar-refractivity contribution in [3.05, 3.63) is 29.3 Å². The molecule has 2 amide bonds. The molecule has 4 saturated carbocycles. The summed E-state index contributed by atoms with van der Waals surface area (Å²) in [5, 5.41) is 25.3. The van der Waals surface area contributed by atoms with Gasteiger partial charge in [-0.1, -0.05) is 40.2 Å². The fourth-order valence-corrected chi connectivity index (χ4v) is 12.6. The molecule has 8 heteroatoms. The number of carbonyl (C=O) groups is 1. The third-order valence-corrected chi connectivity index (χ3v) is 15.2. The van der Waals surface area contributed by atoms with E-state index in [1.54, 1.807) is 12.1 Å². The second-order valence-corrected chi connectivity index (χ2v) is 17.6. The van der Waals surface area contributed by atoms with Gasteiger partial charge in [0.2, 0.25) is 0 Å². The molecule has 5 aliphatic carbocycles. The van der Waals surface area contributed by atoms with Gasteiger partial charge in [-0.3, -0.25) is 0 Å². The monoisotopic (exact) mass is 628 g/mol.